The summed E-state index contributed by atoms with van der Waals surface area (Å²) >= 11 is 3.01. The van der Waals surface area contributed by atoms with Crippen molar-refractivity contribution in [3.63, 3.8) is 0 Å². The first-order valence-corrected chi connectivity index (χ1v) is 12.7. The summed E-state index contributed by atoms with van der Waals surface area (Å²) in [5.41, 5.74) is 2.68. The van der Waals surface area contributed by atoms with Gasteiger partial charge in [0.1, 0.15) is 14.2 Å². The fraction of sp³-hybridized carbons (Fsp3) is 0.185. The Morgan fingerprint density at radius 3 is 2.47 bits per heavy atom. The van der Waals surface area contributed by atoms with Gasteiger partial charge >= 0.3 is 0 Å². The van der Waals surface area contributed by atoms with Gasteiger partial charge in [0, 0.05) is 49.9 Å². The number of benzene rings is 3. The molecule has 0 N–H and O–H groups in total. The van der Waals surface area contributed by atoms with Gasteiger partial charge in [0.2, 0.25) is 0 Å². The molecule has 3 aromatic carbocycles. The Kier molecular flexibility index (Phi) is 5.83. The number of rotatable bonds is 4. The van der Waals surface area contributed by atoms with Crippen LogP contribution in [-0.2, 0) is 6.54 Å². The highest BCUT2D eigenvalue weighted by Crippen LogP contribution is 2.48. The molecule has 0 saturated heterocycles. The number of hydrogen-bond acceptors (Lipinski definition) is 6. The predicted octanol–water partition coefficient (Wildman–Crippen LogP) is 4.12. The van der Waals surface area contributed by atoms with E-state index in [1.54, 1.807) is 22.4 Å². The van der Waals surface area contributed by atoms with Gasteiger partial charge < -0.3 is 9.80 Å². The van der Waals surface area contributed by atoms with Crippen LogP contribution in [-0.4, -0.2) is 31.5 Å². The van der Waals surface area contributed by atoms with E-state index in [1.165, 1.54) is 22.1 Å². The van der Waals surface area contributed by atoms with Gasteiger partial charge in [0.25, 0.3) is 5.56 Å². The molecule has 7 heteroatoms. The monoisotopic (exact) mass is 487 g/mol. The number of aromatic nitrogens is 1. The van der Waals surface area contributed by atoms with Crippen LogP contribution in [0.4, 0.5) is 11.4 Å². The summed E-state index contributed by atoms with van der Waals surface area (Å²) in [6, 6.07) is 20.0. The number of carbonyl (C=O) groups is 1. The Hall–Kier alpha value is -3.29. The molecule has 1 aliphatic rings. The maximum Gasteiger partial charge on any atom is 0.271 e. The van der Waals surface area contributed by atoms with Gasteiger partial charge in [0.05, 0.1) is 5.69 Å². The SMILES string of the molecule is CCn1c(=O)/c(=C2\Sc3c(ccc4ccccc34)N2C)s/c1=C/C(=O)c1ccc(N(C)C)cc1. The maximum atomic E-state index is 13.4. The van der Waals surface area contributed by atoms with E-state index < -0.39 is 0 Å². The van der Waals surface area contributed by atoms with Crippen LogP contribution in [0.25, 0.3) is 21.9 Å². The van der Waals surface area contributed by atoms with E-state index in [0.29, 0.717) is 21.3 Å². The van der Waals surface area contributed by atoms with E-state index in [0.717, 1.165) is 21.3 Å². The fourth-order valence-electron chi connectivity index (χ4n) is 4.16. The molecule has 2 heterocycles. The topological polar surface area (TPSA) is 45.6 Å². The summed E-state index contributed by atoms with van der Waals surface area (Å²) in [4.78, 5) is 31.6. The second kappa shape index (κ2) is 8.81. The number of thioether (sulfide) groups is 1. The Labute approximate surface area is 206 Å². The van der Waals surface area contributed by atoms with Crippen LogP contribution in [0, 0.1) is 0 Å². The average molecular weight is 488 g/mol. The molecule has 0 bridgehead atoms. The van der Waals surface area contributed by atoms with Crippen molar-refractivity contribution in [2.45, 2.75) is 18.4 Å². The first kappa shape index (κ1) is 22.5. The van der Waals surface area contributed by atoms with Gasteiger partial charge in [-0.3, -0.25) is 14.2 Å². The lowest BCUT2D eigenvalue weighted by atomic mass is 10.1. The summed E-state index contributed by atoms with van der Waals surface area (Å²) in [5, 5.41) is 3.27. The molecule has 0 unspecified atom stereocenters. The predicted molar refractivity (Wildman–Crippen MR) is 145 cm³/mol. The average Bonchev–Trinajstić information content (AvgIpc) is 3.34. The van der Waals surface area contributed by atoms with Crippen molar-refractivity contribution in [2.24, 2.45) is 0 Å². The summed E-state index contributed by atoms with van der Waals surface area (Å²) in [6.07, 6.45) is 1.59. The van der Waals surface area contributed by atoms with Crippen molar-refractivity contribution >= 4 is 62.1 Å². The van der Waals surface area contributed by atoms with E-state index in [9.17, 15) is 9.59 Å². The van der Waals surface area contributed by atoms with Gasteiger partial charge in [-0.1, -0.05) is 42.1 Å². The molecule has 0 aliphatic carbocycles. The Morgan fingerprint density at radius 2 is 1.76 bits per heavy atom. The molecular weight excluding hydrogens is 462 g/mol. The molecule has 0 spiro atoms. The third kappa shape index (κ3) is 3.75. The number of Topliss-reactive ketones (excluding diaryl/α,β-unsaturated/α-hetero) is 1. The third-order valence-corrected chi connectivity index (χ3v) is 8.62. The van der Waals surface area contributed by atoms with E-state index in [2.05, 4.69) is 29.2 Å². The molecule has 0 fully saturated rings. The van der Waals surface area contributed by atoms with Crippen molar-refractivity contribution in [2.75, 3.05) is 30.9 Å². The summed E-state index contributed by atoms with van der Waals surface area (Å²) in [5.74, 6) is -0.105. The summed E-state index contributed by atoms with van der Waals surface area (Å²) < 4.78 is 3.03. The molecular formula is C27H25N3O2S2. The molecule has 4 aromatic rings. The molecule has 172 valence electrons. The quantitative estimate of drug-likeness (QED) is 0.405. The lowest BCUT2D eigenvalue weighted by molar-refractivity contribution is 0.106. The minimum absolute atomic E-state index is 0.0547. The molecule has 1 aliphatic heterocycles. The number of ketones is 1. The normalized spacial score (nSPS) is 15.2. The molecule has 5 rings (SSSR count). The van der Waals surface area contributed by atoms with Crippen LogP contribution in [0.1, 0.15) is 17.3 Å². The highest BCUT2D eigenvalue weighted by atomic mass is 32.2. The minimum Gasteiger partial charge on any atom is -0.378 e. The number of thiazole rings is 1. The van der Waals surface area contributed by atoms with Crippen molar-refractivity contribution in [1.29, 1.82) is 0 Å². The van der Waals surface area contributed by atoms with Crippen LogP contribution in [0.15, 0.2) is 70.4 Å². The third-order valence-electron chi connectivity index (χ3n) is 6.07. The summed E-state index contributed by atoms with van der Waals surface area (Å²) in [6.45, 7) is 2.44. The Balaban J connectivity index is 1.62. The maximum absolute atomic E-state index is 13.4. The first-order chi connectivity index (χ1) is 16.4. The zero-order valence-electron chi connectivity index (χ0n) is 19.5. The van der Waals surface area contributed by atoms with Crippen LogP contribution in [0.3, 0.4) is 0 Å². The number of anilines is 2. The molecule has 0 saturated carbocycles. The van der Waals surface area contributed by atoms with Crippen molar-refractivity contribution in [3.05, 3.63) is 85.8 Å². The first-order valence-electron chi connectivity index (χ1n) is 11.1. The summed E-state index contributed by atoms with van der Waals surface area (Å²) in [7, 11) is 5.93. The minimum atomic E-state index is -0.105. The zero-order valence-corrected chi connectivity index (χ0v) is 21.2. The van der Waals surface area contributed by atoms with Gasteiger partial charge in [-0.15, -0.1) is 11.3 Å². The molecule has 34 heavy (non-hydrogen) atoms. The molecule has 0 amide bonds. The van der Waals surface area contributed by atoms with Gasteiger partial charge in [-0.05, 0) is 48.0 Å². The highest BCUT2D eigenvalue weighted by molar-refractivity contribution is 8.09. The fourth-order valence-corrected chi connectivity index (χ4v) is 6.75. The van der Waals surface area contributed by atoms with Crippen molar-refractivity contribution in [1.82, 2.24) is 4.57 Å². The second-order valence-corrected chi connectivity index (χ2v) is 10.4. The van der Waals surface area contributed by atoms with Gasteiger partial charge in [-0.25, -0.2) is 0 Å². The largest absolute Gasteiger partial charge is 0.378 e. The van der Waals surface area contributed by atoms with Crippen LogP contribution in [0.5, 0.6) is 0 Å². The zero-order chi connectivity index (χ0) is 24.0. The second-order valence-electron chi connectivity index (χ2n) is 8.37. The van der Waals surface area contributed by atoms with Crippen molar-refractivity contribution in [3.8, 4) is 0 Å². The number of fused-ring (bicyclic) bond motifs is 3. The number of hydrogen-bond donors (Lipinski definition) is 0. The molecule has 0 radical (unpaired) electrons. The lowest BCUT2D eigenvalue weighted by Gasteiger charge is -2.12. The van der Waals surface area contributed by atoms with Crippen LogP contribution < -0.4 is 24.6 Å². The van der Waals surface area contributed by atoms with E-state index in [4.69, 9.17) is 0 Å². The van der Waals surface area contributed by atoms with E-state index in [1.807, 2.05) is 69.4 Å². The smallest absolute Gasteiger partial charge is 0.271 e. The lowest BCUT2D eigenvalue weighted by Crippen LogP contribution is -2.33. The molecule has 5 nitrogen and oxygen atoms in total. The Morgan fingerprint density at radius 1 is 1.03 bits per heavy atom. The van der Waals surface area contributed by atoms with Crippen LogP contribution >= 0.6 is 23.1 Å². The highest BCUT2D eigenvalue weighted by Gasteiger charge is 2.26. The molecule has 1 aromatic heterocycles. The van der Waals surface area contributed by atoms with Crippen LogP contribution in [0.2, 0.25) is 0 Å². The number of carbonyl (C=O) groups excluding carboxylic acids is 1. The van der Waals surface area contributed by atoms with E-state index >= 15 is 0 Å². The van der Waals surface area contributed by atoms with Gasteiger partial charge in [-0.2, -0.15) is 0 Å². The van der Waals surface area contributed by atoms with E-state index in [-0.39, 0.29) is 11.3 Å². The Bertz CT molecular complexity index is 1600. The standard InChI is InChI=1S/C27H25N3O2S2/c1-5-30-23(16-22(31)18-10-13-19(14-11-18)28(2)3)33-25(26(30)32)27-29(4)21-15-12-17-8-6-7-9-20(17)24(21)34-27/h6-16H,5H2,1-4H3/b23-16+,27-25+. The molecule has 0 atom stereocenters. The number of nitrogens with zero attached hydrogens (tertiary/aromatic N) is 3. The van der Waals surface area contributed by atoms with Gasteiger partial charge in [0.15, 0.2) is 5.78 Å². The van der Waals surface area contributed by atoms with Crippen molar-refractivity contribution < 1.29 is 4.79 Å².